The second-order valence-electron chi connectivity index (χ2n) is 1.69. The molecule has 0 amide bonds. The summed E-state index contributed by atoms with van der Waals surface area (Å²) in [6.45, 7) is 3.33. The molecule has 0 saturated carbocycles. The Morgan fingerprint density at radius 3 is 2.44 bits per heavy atom. The largest absolute Gasteiger partial charge is 0.508 e. The third-order valence-corrected chi connectivity index (χ3v) is 0.905. The Labute approximate surface area is 54.5 Å². The average Bonchev–Trinajstić information content (AvgIpc) is 1.87. The van der Waals surface area contributed by atoms with Gasteiger partial charge in [0.15, 0.2) is 0 Å². The Morgan fingerprint density at radius 2 is 2.11 bits per heavy atom. The molecule has 0 aliphatic rings. The highest BCUT2D eigenvalue weighted by atomic mass is 16.3. The van der Waals surface area contributed by atoms with Gasteiger partial charge in [0, 0.05) is 5.57 Å². The molecule has 0 fully saturated rings. The highest BCUT2D eigenvalue weighted by Gasteiger charge is 1.90. The Kier molecular flexibility index (Phi) is 3.44. The van der Waals surface area contributed by atoms with Crippen molar-refractivity contribution in [1.82, 2.24) is 0 Å². The van der Waals surface area contributed by atoms with Gasteiger partial charge in [0.05, 0.1) is 0 Å². The van der Waals surface area contributed by atoms with Crippen molar-refractivity contribution in [2.45, 2.75) is 13.8 Å². The number of carbonyl (C=O) groups is 1. The Bertz CT molecular complexity index is 154. The first-order valence-corrected chi connectivity index (χ1v) is 2.70. The van der Waals surface area contributed by atoms with E-state index in [9.17, 15) is 4.79 Å². The molecule has 50 valence electrons. The van der Waals surface area contributed by atoms with E-state index in [0.717, 1.165) is 0 Å². The van der Waals surface area contributed by atoms with Crippen LogP contribution in [0.25, 0.3) is 0 Å². The molecule has 0 spiro atoms. The van der Waals surface area contributed by atoms with Crippen LogP contribution in [0, 0.1) is 0 Å². The lowest BCUT2D eigenvalue weighted by molar-refractivity contribution is -0.105. The van der Waals surface area contributed by atoms with Gasteiger partial charge in [-0.25, -0.2) is 0 Å². The van der Waals surface area contributed by atoms with Crippen molar-refractivity contribution in [3.63, 3.8) is 0 Å². The lowest BCUT2D eigenvalue weighted by atomic mass is 10.3. The van der Waals surface area contributed by atoms with Crippen molar-refractivity contribution in [1.29, 1.82) is 0 Å². The molecule has 0 heterocycles. The maximum atomic E-state index is 9.97. The predicted molar refractivity (Wildman–Crippen MR) is 36.2 cm³/mol. The standard InChI is InChI=1S/C7H10O2/c1-3-4-7(9)6(2)5-8/h3-5,9H,1-2H3/b4-3-,7-6-. The van der Waals surface area contributed by atoms with Crippen molar-refractivity contribution in [3.05, 3.63) is 23.5 Å². The molecule has 1 N–H and O–H groups in total. The average molecular weight is 126 g/mol. The molecular weight excluding hydrogens is 116 g/mol. The topological polar surface area (TPSA) is 37.3 Å². The van der Waals surface area contributed by atoms with Gasteiger partial charge in [-0.05, 0) is 19.9 Å². The molecule has 0 bridgehead atoms. The minimum Gasteiger partial charge on any atom is -0.508 e. The van der Waals surface area contributed by atoms with Gasteiger partial charge < -0.3 is 5.11 Å². The Morgan fingerprint density at radius 1 is 1.56 bits per heavy atom. The zero-order valence-corrected chi connectivity index (χ0v) is 5.59. The monoisotopic (exact) mass is 126 g/mol. The minimum absolute atomic E-state index is 0.0347. The number of hydrogen-bond acceptors (Lipinski definition) is 2. The molecule has 0 saturated heterocycles. The van der Waals surface area contributed by atoms with Gasteiger partial charge in [-0.3, -0.25) is 4.79 Å². The third-order valence-electron chi connectivity index (χ3n) is 0.905. The number of rotatable bonds is 2. The van der Waals surface area contributed by atoms with Gasteiger partial charge in [0.1, 0.15) is 12.0 Å². The highest BCUT2D eigenvalue weighted by molar-refractivity contribution is 5.73. The molecule has 0 aromatic heterocycles. The Balaban J connectivity index is 4.27. The number of aliphatic hydroxyl groups is 1. The van der Waals surface area contributed by atoms with E-state index in [0.29, 0.717) is 11.9 Å². The summed E-state index contributed by atoms with van der Waals surface area (Å²) in [6, 6.07) is 0. The van der Waals surface area contributed by atoms with Gasteiger partial charge in [-0.2, -0.15) is 0 Å². The predicted octanol–water partition coefficient (Wildman–Crippen LogP) is 1.59. The molecule has 0 aromatic carbocycles. The lowest BCUT2D eigenvalue weighted by Crippen LogP contribution is -1.83. The highest BCUT2D eigenvalue weighted by Crippen LogP contribution is 1.97. The molecule has 2 heteroatoms. The molecule has 0 aromatic rings. The van der Waals surface area contributed by atoms with E-state index in [-0.39, 0.29) is 5.76 Å². The van der Waals surface area contributed by atoms with Crippen LogP contribution >= 0.6 is 0 Å². The summed E-state index contributed by atoms with van der Waals surface area (Å²) < 4.78 is 0. The van der Waals surface area contributed by atoms with Gasteiger partial charge in [-0.1, -0.05) is 6.08 Å². The van der Waals surface area contributed by atoms with E-state index in [1.165, 1.54) is 6.08 Å². The SMILES string of the molecule is C/C=C\C(O)=C(/C)C=O. The molecule has 0 unspecified atom stereocenters. The van der Waals surface area contributed by atoms with E-state index in [1.54, 1.807) is 19.9 Å². The summed E-state index contributed by atoms with van der Waals surface area (Å²) in [5, 5.41) is 8.88. The summed E-state index contributed by atoms with van der Waals surface area (Å²) in [7, 11) is 0. The summed E-state index contributed by atoms with van der Waals surface area (Å²) in [5.74, 6) is 0.0347. The molecule has 2 nitrogen and oxygen atoms in total. The maximum absolute atomic E-state index is 9.97. The van der Waals surface area contributed by atoms with Crippen LogP contribution in [0.2, 0.25) is 0 Å². The zero-order chi connectivity index (χ0) is 7.28. The van der Waals surface area contributed by atoms with Crippen LogP contribution in [-0.2, 0) is 4.79 Å². The van der Waals surface area contributed by atoms with Crippen LogP contribution < -0.4 is 0 Å². The van der Waals surface area contributed by atoms with Gasteiger partial charge in [0.2, 0.25) is 0 Å². The molecule has 0 rings (SSSR count). The van der Waals surface area contributed by atoms with Gasteiger partial charge in [0.25, 0.3) is 0 Å². The first kappa shape index (κ1) is 7.95. The fourth-order valence-electron chi connectivity index (χ4n) is 0.350. The summed E-state index contributed by atoms with van der Waals surface area (Å²) in [6.07, 6.45) is 3.77. The smallest absolute Gasteiger partial charge is 0.149 e. The molecule has 0 atom stereocenters. The van der Waals surface area contributed by atoms with Crippen molar-refractivity contribution in [2.24, 2.45) is 0 Å². The van der Waals surface area contributed by atoms with Crippen molar-refractivity contribution >= 4 is 6.29 Å². The minimum atomic E-state index is 0.0347. The number of aldehydes is 1. The lowest BCUT2D eigenvalue weighted by Gasteiger charge is -1.89. The van der Waals surface area contributed by atoms with Gasteiger partial charge >= 0.3 is 0 Å². The molecular formula is C7H10O2. The van der Waals surface area contributed by atoms with Crippen LogP contribution in [-0.4, -0.2) is 11.4 Å². The maximum Gasteiger partial charge on any atom is 0.149 e. The van der Waals surface area contributed by atoms with E-state index in [1.807, 2.05) is 0 Å². The first-order chi connectivity index (χ1) is 4.22. The molecule has 9 heavy (non-hydrogen) atoms. The van der Waals surface area contributed by atoms with Crippen LogP contribution in [0.15, 0.2) is 23.5 Å². The van der Waals surface area contributed by atoms with E-state index in [4.69, 9.17) is 5.11 Å². The number of hydrogen-bond donors (Lipinski definition) is 1. The molecule has 0 aliphatic heterocycles. The second-order valence-corrected chi connectivity index (χ2v) is 1.69. The summed E-state index contributed by atoms with van der Waals surface area (Å²) in [4.78, 5) is 9.97. The quantitative estimate of drug-likeness (QED) is 0.264. The third kappa shape index (κ3) is 2.69. The van der Waals surface area contributed by atoms with E-state index < -0.39 is 0 Å². The molecule has 0 aliphatic carbocycles. The second kappa shape index (κ2) is 3.89. The van der Waals surface area contributed by atoms with Crippen molar-refractivity contribution in [3.8, 4) is 0 Å². The summed E-state index contributed by atoms with van der Waals surface area (Å²) in [5.41, 5.74) is 0.355. The van der Waals surface area contributed by atoms with E-state index >= 15 is 0 Å². The zero-order valence-electron chi connectivity index (χ0n) is 5.59. The fourth-order valence-corrected chi connectivity index (χ4v) is 0.350. The Hall–Kier alpha value is -1.05. The normalized spacial score (nSPS) is 13.6. The van der Waals surface area contributed by atoms with Crippen LogP contribution in [0.3, 0.4) is 0 Å². The van der Waals surface area contributed by atoms with Gasteiger partial charge in [-0.15, -0.1) is 0 Å². The van der Waals surface area contributed by atoms with Crippen LogP contribution in [0.1, 0.15) is 13.8 Å². The van der Waals surface area contributed by atoms with Crippen molar-refractivity contribution in [2.75, 3.05) is 0 Å². The van der Waals surface area contributed by atoms with Crippen LogP contribution in [0.4, 0.5) is 0 Å². The molecule has 0 radical (unpaired) electrons. The van der Waals surface area contributed by atoms with Crippen molar-refractivity contribution < 1.29 is 9.90 Å². The number of aliphatic hydroxyl groups excluding tert-OH is 1. The number of carbonyl (C=O) groups excluding carboxylic acids is 1. The fraction of sp³-hybridized carbons (Fsp3) is 0.286. The first-order valence-electron chi connectivity index (χ1n) is 2.70. The summed E-state index contributed by atoms with van der Waals surface area (Å²) >= 11 is 0. The number of allylic oxidation sites excluding steroid dienone is 3. The van der Waals surface area contributed by atoms with E-state index in [2.05, 4.69) is 0 Å². The van der Waals surface area contributed by atoms with Crippen LogP contribution in [0.5, 0.6) is 0 Å².